The van der Waals surface area contributed by atoms with Crippen molar-refractivity contribution >= 4 is 15.9 Å². The third-order valence-corrected chi connectivity index (χ3v) is 3.57. The molecule has 1 aromatic heterocycles. The summed E-state index contributed by atoms with van der Waals surface area (Å²) in [4.78, 5) is 0. The molecular formula is C17H23BrN2O3. The topological polar surface area (TPSA) is 45.5 Å². The van der Waals surface area contributed by atoms with Crippen molar-refractivity contribution in [3.05, 3.63) is 52.8 Å². The summed E-state index contributed by atoms with van der Waals surface area (Å²) in [6, 6.07) is 10.1. The minimum Gasteiger partial charge on any atom is -0.376 e. The van der Waals surface area contributed by atoms with E-state index >= 15 is 0 Å². The number of halogens is 1. The summed E-state index contributed by atoms with van der Waals surface area (Å²) < 4.78 is 19.6. The van der Waals surface area contributed by atoms with Crippen molar-refractivity contribution < 1.29 is 14.2 Å². The lowest BCUT2D eigenvalue weighted by molar-refractivity contribution is -0.0275. The van der Waals surface area contributed by atoms with Gasteiger partial charge in [-0.15, -0.1) is 0 Å². The van der Waals surface area contributed by atoms with Crippen LogP contribution in [0, 0.1) is 0 Å². The summed E-state index contributed by atoms with van der Waals surface area (Å²) in [5.41, 5.74) is 1.18. The van der Waals surface area contributed by atoms with E-state index in [2.05, 4.69) is 33.2 Å². The quantitative estimate of drug-likeness (QED) is 0.559. The van der Waals surface area contributed by atoms with Crippen molar-refractivity contribution in [1.29, 1.82) is 0 Å². The van der Waals surface area contributed by atoms with E-state index in [1.807, 2.05) is 36.0 Å². The molecule has 0 bridgehead atoms. The summed E-state index contributed by atoms with van der Waals surface area (Å²) in [7, 11) is 0. The molecule has 0 spiro atoms. The van der Waals surface area contributed by atoms with E-state index in [1.165, 1.54) is 5.56 Å². The Labute approximate surface area is 145 Å². The first-order valence-electron chi connectivity index (χ1n) is 7.73. The average molecular weight is 383 g/mol. The minimum absolute atomic E-state index is 0.0585. The van der Waals surface area contributed by atoms with Crippen molar-refractivity contribution in [2.75, 3.05) is 26.4 Å². The van der Waals surface area contributed by atoms with Gasteiger partial charge in [0, 0.05) is 6.20 Å². The van der Waals surface area contributed by atoms with Gasteiger partial charge in [0.1, 0.15) is 0 Å². The molecule has 126 valence electrons. The fourth-order valence-electron chi connectivity index (χ4n) is 1.99. The summed E-state index contributed by atoms with van der Waals surface area (Å²) in [5.74, 6) is 0. The Balaban J connectivity index is 1.44. The zero-order valence-corrected chi connectivity index (χ0v) is 14.9. The van der Waals surface area contributed by atoms with Crippen molar-refractivity contribution in [2.45, 2.75) is 26.2 Å². The van der Waals surface area contributed by atoms with E-state index in [0.29, 0.717) is 33.0 Å². The first-order valence-corrected chi connectivity index (χ1v) is 8.52. The largest absolute Gasteiger partial charge is 0.376 e. The Kier molecular flexibility index (Phi) is 8.31. The van der Waals surface area contributed by atoms with Crippen LogP contribution in [0.4, 0.5) is 0 Å². The lowest BCUT2D eigenvalue weighted by Crippen LogP contribution is -2.20. The van der Waals surface area contributed by atoms with Crippen LogP contribution in [0.3, 0.4) is 0 Å². The predicted octanol–water partition coefficient (Wildman–Crippen LogP) is 3.28. The first-order chi connectivity index (χ1) is 11.2. The summed E-state index contributed by atoms with van der Waals surface area (Å²) >= 11 is 3.37. The Hall–Kier alpha value is -1.21. The smallest absolute Gasteiger partial charge is 0.0781 e. The van der Waals surface area contributed by atoms with E-state index in [-0.39, 0.29) is 6.10 Å². The number of aromatic nitrogens is 2. The molecule has 0 aliphatic rings. The lowest BCUT2D eigenvalue weighted by Gasteiger charge is -2.13. The molecule has 0 saturated heterocycles. The molecule has 0 saturated carbocycles. The van der Waals surface area contributed by atoms with Crippen molar-refractivity contribution in [3.8, 4) is 0 Å². The highest BCUT2D eigenvalue weighted by molar-refractivity contribution is 9.10. The van der Waals surface area contributed by atoms with Crippen LogP contribution in [0.5, 0.6) is 0 Å². The third-order valence-electron chi connectivity index (χ3n) is 3.16. The predicted molar refractivity (Wildman–Crippen MR) is 92.3 cm³/mol. The molecule has 0 N–H and O–H groups in total. The number of rotatable bonds is 11. The summed E-state index contributed by atoms with van der Waals surface area (Å²) in [6.45, 7) is 5.70. The maximum Gasteiger partial charge on any atom is 0.0781 e. The van der Waals surface area contributed by atoms with Gasteiger partial charge in [-0.1, -0.05) is 30.3 Å². The second-order valence-electron chi connectivity index (χ2n) is 5.22. The second-order valence-corrected chi connectivity index (χ2v) is 6.13. The molecule has 1 heterocycles. The molecule has 0 fully saturated rings. The Morgan fingerprint density at radius 3 is 2.65 bits per heavy atom. The van der Waals surface area contributed by atoms with Crippen molar-refractivity contribution in [3.63, 3.8) is 0 Å². The fraction of sp³-hybridized carbons (Fsp3) is 0.471. The van der Waals surface area contributed by atoms with Crippen molar-refractivity contribution in [1.82, 2.24) is 9.78 Å². The lowest BCUT2D eigenvalue weighted by atomic mass is 10.2. The van der Waals surface area contributed by atoms with Gasteiger partial charge < -0.3 is 14.2 Å². The molecule has 2 rings (SSSR count). The van der Waals surface area contributed by atoms with E-state index in [9.17, 15) is 0 Å². The maximum absolute atomic E-state index is 5.69. The maximum atomic E-state index is 5.69. The van der Waals surface area contributed by atoms with Gasteiger partial charge in [-0.25, -0.2) is 0 Å². The molecule has 6 heteroatoms. The van der Waals surface area contributed by atoms with Crippen LogP contribution in [0.1, 0.15) is 12.5 Å². The highest BCUT2D eigenvalue weighted by Crippen LogP contribution is 2.06. The fourth-order valence-corrected chi connectivity index (χ4v) is 2.32. The van der Waals surface area contributed by atoms with Gasteiger partial charge >= 0.3 is 0 Å². The van der Waals surface area contributed by atoms with E-state index in [0.717, 1.165) is 11.0 Å². The van der Waals surface area contributed by atoms with Crippen LogP contribution in [-0.4, -0.2) is 42.3 Å². The molecule has 0 radical (unpaired) electrons. The second kappa shape index (κ2) is 10.5. The third kappa shape index (κ3) is 7.74. The molecule has 0 aliphatic heterocycles. The van der Waals surface area contributed by atoms with Gasteiger partial charge in [0.05, 0.1) is 56.4 Å². The number of hydrogen-bond acceptors (Lipinski definition) is 4. The number of nitrogens with zero attached hydrogens (tertiary/aromatic N) is 2. The zero-order chi connectivity index (χ0) is 16.3. The summed E-state index contributed by atoms with van der Waals surface area (Å²) in [5, 5.41) is 4.18. The highest BCUT2D eigenvalue weighted by Gasteiger charge is 2.03. The molecule has 0 unspecified atom stereocenters. The molecule has 2 aromatic rings. The number of hydrogen-bond donors (Lipinski definition) is 0. The van der Waals surface area contributed by atoms with Crippen LogP contribution >= 0.6 is 15.9 Å². The van der Waals surface area contributed by atoms with Crippen LogP contribution in [0.15, 0.2) is 47.2 Å². The highest BCUT2D eigenvalue weighted by atomic mass is 79.9. The van der Waals surface area contributed by atoms with Gasteiger partial charge in [0.2, 0.25) is 0 Å². The zero-order valence-electron chi connectivity index (χ0n) is 13.4. The number of benzene rings is 1. The van der Waals surface area contributed by atoms with Crippen LogP contribution in [0.2, 0.25) is 0 Å². The Bertz CT molecular complexity index is 548. The molecule has 1 atom stereocenters. The van der Waals surface area contributed by atoms with Gasteiger partial charge in [0.15, 0.2) is 0 Å². The van der Waals surface area contributed by atoms with E-state index in [4.69, 9.17) is 14.2 Å². The average Bonchev–Trinajstić information content (AvgIpc) is 2.97. The Morgan fingerprint density at radius 2 is 1.91 bits per heavy atom. The number of ether oxygens (including phenoxy) is 3. The van der Waals surface area contributed by atoms with E-state index < -0.39 is 0 Å². The SMILES string of the molecule is C[C@H](COCCOCc1ccccc1)OCCn1cc(Br)cn1. The standard InChI is InChI=1S/C17H23BrN2O3/c1-15(23-8-7-20-12-17(18)11-19-20)13-21-9-10-22-14-16-5-3-2-4-6-16/h2-6,11-12,15H,7-10,13-14H2,1H3/t15-/m1/s1. The molecule has 1 aromatic carbocycles. The molecule has 0 amide bonds. The normalized spacial score (nSPS) is 12.4. The Morgan fingerprint density at radius 1 is 1.13 bits per heavy atom. The van der Waals surface area contributed by atoms with Gasteiger partial charge in [-0.05, 0) is 28.4 Å². The van der Waals surface area contributed by atoms with Gasteiger partial charge in [-0.3, -0.25) is 4.68 Å². The molecular weight excluding hydrogens is 360 g/mol. The van der Waals surface area contributed by atoms with Crippen LogP contribution < -0.4 is 0 Å². The first kappa shape index (κ1) is 18.1. The van der Waals surface area contributed by atoms with Crippen molar-refractivity contribution in [2.24, 2.45) is 0 Å². The van der Waals surface area contributed by atoms with Gasteiger partial charge in [0.25, 0.3) is 0 Å². The minimum atomic E-state index is 0.0585. The molecule has 0 aliphatic carbocycles. The molecule has 5 nitrogen and oxygen atoms in total. The van der Waals surface area contributed by atoms with E-state index in [1.54, 1.807) is 6.20 Å². The molecule has 23 heavy (non-hydrogen) atoms. The monoisotopic (exact) mass is 382 g/mol. The van der Waals surface area contributed by atoms with Crippen LogP contribution in [-0.2, 0) is 27.4 Å². The van der Waals surface area contributed by atoms with Crippen LogP contribution in [0.25, 0.3) is 0 Å². The van der Waals surface area contributed by atoms with Gasteiger partial charge in [-0.2, -0.15) is 5.10 Å². The summed E-state index contributed by atoms with van der Waals surface area (Å²) in [6.07, 6.45) is 3.75.